The van der Waals surface area contributed by atoms with Gasteiger partial charge in [-0.1, -0.05) is 59.0 Å². The van der Waals surface area contributed by atoms with Gasteiger partial charge in [0.15, 0.2) is 0 Å². The van der Waals surface area contributed by atoms with Crippen molar-refractivity contribution in [3.05, 3.63) is 0 Å². The van der Waals surface area contributed by atoms with Crippen molar-refractivity contribution in [1.82, 2.24) is 0 Å². The third-order valence-corrected chi connectivity index (χ3v) is 11.0. The summed E-state index contributed by atoms with van der Waals surface area (Å²) in [7, 11) is 0. The molecule has 0 saturated heterocycles. The second-order valence-electron chi connectivity index (χ2n) is 12.8. The molecule has 0 aliphatic heterocycles. The minimum Gasteiger partial charge on any atom is -0.411 e. The lowest BCUT2D eigenvalue weighted by atomic mass is 9.42. The molecule has 3 N–H and O–H groups in total. The number of aliphatic hydroxyl groups excluding tert-OH is 1. The zero-order valence-corrected chi connectivity index (χ0v) is 20.6. The number of hydrogen-bond donors (Lipinski definition) is 3. The van der Waals surface area contributed by atoms with Crippen molar-refractivity contribution in [3.8, 4) is 0 Å². The van der Waals surface area contributed by atoms with E-state index in [1.807, 2.05) is 0 Å². The highest BCUT2D eigenvalue weighted by Gasteiger charge is 2.67. The molecule has 0 amide bonds. The van der Waals surface area contributed by atoms with Gasteiger partial charge in [0.2, 0.25) is 0 Å². The highest BCUT2D eigenvalue weighted by atomic mass is 16.4. The van der Waals surface area contributed by atoms with Gasteiger partial charge in [0.25, 0.3) is 0 Å². The highest BCUT2D eigenvalue weighted by molar-refractivity contribution is 5.94. The van der Waals surface area contributed by atoms with Crippen LogP contribution in [0.15, 0.2) is 5.16 Å². The fraction of sp³-hybridized carbons (Fsp3) is 0.963. The molecule has 31 heavy (non-hydrogen) atoms. The standard InChI is InChI=1S/C27H47NO3/c1-17(2)7-6-8-18(3)21-9-10-22-20-15-24(28-31)27(30)16-19(29)11-14-26(27,5)23(20)12-13-25(21,22)4/h17-23,29-31H,6-16H2,1-5H3/b28-24+/t18-,19+,20?,21-,22?,23?,25-,26-,27+/m1/s1. The van der Waals surface area contributed by atoms with Gasteiger partial charge in [-0.25, -0.2) is 0 Å². The zero-order valence-electron chi connectivity index (χ0n) is 20.6. The fourth-order valence-electron chi connectivity index (χ4n) is 9.19. The topological polar surface area (TPSA) is 73.1 Å². The Morgan fingerprint density at radius 3 is 2.42 bits per heavy atom. The number of hydrogen-bond acceptors (Lipinski definition) is 4. The Labute approximate surface area is 189 Å². The number of aliphatic hydroxyl groups is 2. The maximum atomic E-state index is 11.8. The van der Waals surface area contributed by atoms with E-state index in [0.717, 1.165) is 30.6 Å². The average molecular weight is 434 g/mol. The SMILES string of the molecule is CC(C)CCC[C@@H](C)[C@H]1CCC2C3C/C(=N\O)[C@@]4(O)C[C@@H](O)CC[C@]4(C)C3CC[C@@]21C. The molecule has 0 aromatic heterocycles. The summed E-state index contributed by atoms with van der Waals surface area (Å²) in [4.78, 5) is 0. The molecule has 4 saturated carbocycles. The first-order valence-corrected chi connectivity index (χ1v) is 13.2. The van der Waals surface area contributed by atoms with Crippen molar-refractivity contribution in [2.75, 3.05) is 0 Å². The molecule has 4 rings (SSSR count). The molecule has 0 radical (unpaired) electrons. The predicted octanol–water partition coefficient (Wildman–Crippen LogP) is 6.02. The highest BCUT2D eigenvalue weighted by Crippen LogP contribution is 2.68. The second-order valence-corrected chi connectivity index (χ2v) is 12.8. The number of rotatable bonds is 5. The van der Waals surface area contributed by atoms with Gasteiger partial charge >= 0.3 is 0 Å². The molecule has 0 aromatic rings. The summed E-state index contributed by atoms with van der Waals surface area (Å²) in [5, 5.41) is 35.7. The van der Waals surface area contributed by atoms with Gasteiger partial charge in [0.1, 0.15) is 5.60 Å². The normalized spacial score (nSPS) is 49.5. The van der Waals surface area contributed by atoms with Gasteiger partial charge in [0.05, 0.1) is 11.8 Å². The Bertz CT molecular complexity index is 692. The van der Waals surface area contributed by atoms with Crippen molar-refractivity contribution in [3.63, 3.8) is 0 Å². The van der Waals surface area contributed by atoms with E-state index < -0.39 is 11.7 Å². The summed E-state index contributed by atoms with van der Waals surface area (Å²) in [6.45, 7) is 11.9. The Balaban J connectivity index is 1.57. The molecule has 4 aliphatic carbocycles. The predicted molar refractivity (Wildman–Crippen MR) is 125 cm³/mol. The Hall–Kier alpha value is -0.610. The van der Waals surface area contributed by atoms with E-state index in [1.165, 1.54) is 44.9 Å². The third kappa shape index (κ3) is 3.59. The monoisotopic (exact) mass is 433 g/mol. The van der Waals surface area contributed by atoms with E-state index in [2.05, 4.69) is 39.8 Å². The second kappa shape index (κ2) is 8.31. The zero-order chi connectivity index (χ0) is 22.6. The lowest BCUT2D eigenvalue weighted by molar-refractivity contribution is -0.170. The summed E-state index contributed by atoms with van der Waals surface area (Å²) < 4.78 is 0. The van der Waals surface area contributed by atoms with E-state index in [4.69, 9.17) is 0 Å². The minimum atomic E-state index is -1.16. The van der Waals surface area contributed by atoms with Crippen LogP contribution in [0, 0.1) is 46.3 Å². The maximum absolute atomic E-state index is 11.8. The Morgan fingerprint density at radius 1 is 1.00 bits per heavy atom. The van der Waals surface area contributed by atoms with E-state index in [9.17, 15) is 15.4 Å². The summed E-state index contributed by atoms with van der Waals surface area (Å²) in [6, 6.07) is 0. The Morgan fingerprint density at radius 2 is 1.74 bits per heavy atom. The van der Waals surface area contributed by atoms with Gasteiger partial charge < -0.3 is 15.4 Å². The molecule has 4 nitrogen and oxygen atoms in total. The molecule has 0 bridgehead atoms. The van der Waals surface area contributed by atoms with E-state index >= 15 is 0 Å². The number of nitrogens with zero attached hydrogens (tertiary/aromatic N) is 1. The smallest absolute Gasteiger partial charge is 0.114 e. The summed E-state index contributed by atoms with van der Waals surface area (Å²) in [5.74, 6) is 3.98. The largest absolute Gasteiger partial charge is 0.411 e. The van der Waals surface area contributed by atoms with Crippen LogP contribution in [-0.4, -0.2) is 32.8 Å². The van der Waals surface area contributed by atoms with Crippen LogP contribution in [0.1, 0.15) is 105 Å². The number of oxime groups is 1. The molecule has 0 aromatic carbocycles. The van der Waals surface area contributed by atoms with Crippen LogP contribution >= 0.6 is 0 Å². The summed E-state index contributed by atoms with van der Waals surface area (Å²) in [6.07, 6.45) is 11.2. The molecule has 9 atom stereocenters. The van der Waals surface area contributed by atoms with Gasteiger partial charge in [-0.05, 0) is 85.9 Å². The average Bonchev–Trinajstić information content (AvgIpc) is 3.05. The first-order valence-electron chi connectivity index (χ1n) is 13.2. The van der Waals surface area contributed by atoms with E-state index in [-0.39, 0.29) is 5.41 Å². The van der Waals surface area contributed by atoms with E-state index in [1.54, 1.807) is 0 Å². The van der Waals surface area contributed by atoms with Gasteiger partial charge in [-0.15, -0.1) is 0 Å². The molecule has 3 unspecified atom stereocenters. The minimum absolute atomic E-state index is 0.293. The third-order valence-electron chi connectivity index (χ3n) is 11.0. The molecule has 0 spiro atoms. The lowest BCUT2D eigenvalue weighted by Crippen LogP contribution is -2.67. The van der Waals surface area contributed by atoms with Crippen LogP contribution in [0.4, 0.5) is 0 Å². The van der Waals surface area contributed by atoms with E-state index in [0.29, 0.717) is 41.7 Å². The first-order chi connectivity index (χ1) is 14.6. The first kappa shape index (κ1) is 23.5. The van der Waals surface area contributed by atoms with Crippen molar-refractivity contribution in [1.29, 1.82) is 0 Å². The summed E-state index contributed by atoms with van der Waals surface area (Å²) in [5.41, 5.74) is -0.526. The quantitative estimate of drug-likeness (QED) is 0.366. The maximum Gasteiger partial charge on any atom is 0.114 e. The molecule has 4 fully saturated rings. The fourth-order valence-corrected chi connectivity index (χ4v) is 9.19. The van der Waals surface area contributed by atoms with Crippen LogP contribution < -0.4 is 0 Å². The molecule has 4 aliphatic rings. The van der Waals surface area contributed by atoms with Gasteiger partial charge in [-0.3, -0.25) is 0 Å². The molecular formula is C27H47NO3. The van der Waals surface area contributed by atoms with Crippen molar-refractivity contribution in [2.45, 2.75) is 117 Å². The van der Waals surface area contributed by atoms with Crippen molar-refractivity contribution in [2.24, 2.45) is 51.5 Å². The van der Waals surface area contributed by atoms with Crippen LogP contribution in [0.5, 0.6) is 0 Å². The van der Waals surface area contributed by atoms with Gasteiger partial charge in [-0.2, -0.15) is 0 Å². The molecular weight excluding hydrogens is 386 g/mol. The summed E-state index contributed by atoms with van der Waals surface area (Å²) >= 11 is 0. The lowest BCUT2D eigenvalue weighted by Gasteiger charge is -2.63. The van der Waals surface area contributed by atoms with Crippen LogP contribution in [0.3, 0.4) is 0 Å². The molecule has 178 valence electrons. The molecule has 4 heteroatoms. The Kier molecular flexibility index (Phi) is 6.31. The van der Waals surface area contributed by atoms with Crippen LogP contribution in [0.2, 0.25) is 0 Å². The molecule has 0 heterocycles. The van der Waals surface area contributed by atoms with Crippen LogP contribution in [0.25, 0.3) is 0 Å². The number of fused-ring (bicyclic) bond motifs is 5. The van der Waals surface area contributed by atoms with Gasteiger partial charge in [0, 0.05) is 11.8 Å². The van der Waals surface area contributed by atoms with Crippen molar-refractivity contribution < 1.29 is 15.4 Å². The van der Waals surface area contributed by atoms with Crippen molar-refractivity contribution >= 4 is 5.71 Å². The van der Waals surface area contributed by atoms with Crippen LogP contribution in [-0.2, 0) is 0 Å².